The number of carbonyl (C=O) groups is 2. The molecule has 144 valence electrons. The van der Waals surface area contributed by atoms with E-state index in [0.717, 1.165) is 5.56 Å². The van der Waals surface area contributed by atoms with Gasteiger partial charge in [0.05, 0.1) is 12.1 Å². The van der Waals surface area contributed by atoms with Crippen LogP contribution in [0.5, 0.6) is 0 Å². The van der Waals surface area contributed by atoms with E-state index in [-0.39, 0.29) is 17.9 Å². The number of hydrogen-bond donors (Lipinski definition) is 1. The van der Waals surface area contributed by atoms with Crippen molar-refractivity contribution in [2.24, 2.45) is 0 Å². The molecule has 1 N–H and O–H groups in total. The third-order valence-corrected chi connectivity index (χ3v) is 5.00. The summed E-state index contributed by atoms with van der Waals surface area (Å²) in [5, 5.41) is 11.3. The molecule has 1 aromatic heterocycles. The van der Waals surface area contributed by atoms with Crippen LogP contribution in [-0.4, -0.2) is 28.3 Å². The summed E-state index contributed by atoms with van der Waals surface area (Å²) in [6, 6.07) is 21.8. The minimum absolute atomic E-state index is 0.230. The molecule has 0 spiro atoms. The van der Waals surface area contributed by atoms with Gasteiger partial charge in [-0.2, -0.15) is 0 Å². The number of rotatable bonds is 6. The van der Waals surface area contributed by atoms with Crippen molar-refractivity contribution in [3.8, 4) is 0 Å². The third-order valence-electron chi connectivity index (χ3n) is 5.00. The van der Waals surface area contributed by atoms with Crippen molar-refractivity contribution in [3.63, 3.8) is 0 Å². The summed E-state index contributed by atoms with van der Waals surface area (Å²) in [4.78, 5) is 31.4. The van der Waals surface area contributed by atoms with E-state index in [9.17, 15) is 14.7 Å². The zero-order chi connectivity index (χ0) is 20.3. The summed E-state index contributed by atoms with van der Waals surface area (Å²) in [6.45, 7) is 0.296. The fourth-order valence-corrected chi connectivity index (χ4v) is 3.57. The molecule has 29 heavy (non-hydrogen) atoms. The molecular weight excluding hydrogens is 364 g/mol. The van der Waals surface area contributed by atoms with Crippen molar-refractivity contribution < 1.29 is 14.7 Å². The highest BCUT2D eigenvalue weighted by atomic mass is 16.3. The maximum absolute atomic E-state index is 13.2. The Morgan fingerprint density at radius 1 is 1.00 bits per heavy atom. The van der Waals surface area contributed by atoms with Crippen molar-refractivity contribution in [2.45, 2.75) is 12.0 Å². The average Bonchev–Trinajstić information content (AvgIpc) is 2.97. The molecule has 4 rings (SSSR count). The van der Waals surface area contributed by atoms with E-state index in [2.05, 4.69) is 4.98 Å². The van der Waals surface area contributed by atoms with Crippen molar-refractivity contribution in [3.05, 3.63) is 102 Å². The largest absolute Gasteiger partial charge is 0.375 e. The van der Waals surface area contributed by atoms with Crippen molar-refractivity contribution >= 4 is 23.5 Å². The molecule has 1 aliphatic heterocycles. The fourth-order valence-electron chi connectivity index (χ4n) is 3.57. The van der Waals surface area contributed by atoms with Crippen LogP contribution in [0.2, 0.25) is 0 Å². The average molecular weight is 384 g/mol. The van der Waals surface area contributed by atoms with E-state index in [0.29, 0.717) is 17.8 Å². The van der Waals surface area contributed by atoms with E-state index in [4.69, 9.17) is 0 Å². The predicted molar refractivity (Wildman–Crippen MR) is 111 cm³/mol. The normalized spacial score (nSPS) is 18.2. The van der Waals surface area contributed by atoms with Gasteiger partial charge < -0.3 is 10.0 Å². The Hall–Kier alpha value is -3.57. The summed E-state index contributed by atoms with van der Waals surface area (Å²) in [6.07, 6.45) is 4.96. The Labute approximate surface area is 169 Å². The van der Waals surface area contributed by atoms with Crippen LogP contribution in [0.4, 0.5) is 5.69 Å². The smallest absolute Gasteiger partial charge is 0.264 e. The minimum Gasteiger partial charge on any atom is -0.375 e. The maximum atomic E-state index is 13.2. The Morgan fingerprint density at radius 3 is 2.48 bits per heavy atom. The number of hydrogen-bond acceptors (Lipinski definition) is 4. The molecule has 0 aliphatic carbocycles. The minimum atomic E-state index is -1.90. The van der Waals surface area contributed by atoms with E-state index < -0.39 is 11.5 Å². The van der Waals surface area contributed by atoms with Crippen LogP contribution in [0.1, 0.15) is 28.0 Å². The fraction of sp³-hybridized carbons (Fsp3) is 0.125. The van der Waals surface area contributed by atoms with Gasteiger partial charge in [-0.25, -0.2) is 0 Å². The number of anilines is 1. The number of benzene rings is 2. The van der Waals surface area contributed by atoms with Crippen LogP contribution in [0.3, 0.4) is 0 Å². The predicted octanol–water partition coefficient (Wildman–Crippen LogP) is 3.60. The lowest BCUT2D eigenvalue weighted by molar-refractivity contribution is -0.135. The van der Waals surface area contributed by atoms with Gasteiger partial charge in [0.1, 0.15) is 5.69 Å². The molecule has 5 nitrogen and oxygen atoms in total. The second-order valence-electron chi connectivity index (χ2n) is 6.92. The molecule has 0 saturated carbocycles. The number of amides is 1. The molecule has 0 bridgehead atoms. The molecule has 1 amide bonds. The molecule has 0 fully saturated rings. The van der Waals surface area contributed by atoms with Crippen molar-refractivity contribution in [1.82, 2.24) is 4.98 Å². The molecule has 0 radical (unpaired) electrons. The Morgan fingerprint density at radius 2 is 1.72 bits per heavy atom. The number of para-hydroxylation sites is 1. The quantitative estimate of drug-likeness (QED) is 0.659. The Kier molecular flexibility index (Phi) is 5.06. The summed E-state index contributed by atoms with van der Waals surface area (Å²) >= 11 is 0. The molecule has 2 heterocycles. The third kappa shape index (κ3) is 3.60. The lowest BCUT2D eigenvalue weighted by Gasteiger charge is -2.22. The molecule has 2 aromatic carbocycles. The molecule has 1 atom stereocenters. The Bertz CT molecular complexity index is 1060. The highest BCUT2D eigenvalue weighted by Crippen LogP contribution is 2.42. The van der Waals surface area contributed by atoms with Gasteiger partial charge in [-0.05, 0) is 23.8 Å². The molecule has 0 saturated heterocycles. The molecular formula is C24H20N2O3. The summed E-state index contributed by atoms with van der Waals surface area (Å²) in [5.74, 6) is -0.876. The topological polar surface area (TPSA) is 70.5 Å². The zero-order valence-corrected chi connectivity index (χ0v) is 15.7. The highest BCUT2D eigenvalue weighted by Gasteiger charge is 2.50. The summed E-state index contributed by atoms with van der Waals surface area (Å²) in [5.41, 5.74) is 0.418. The van der Waals surface area contributed by atoms with E-state index in [1.165, 1.54) is 11.1 Å². The first kappa shape index (κ1) is 18.8. The zero-order valence-electron chi connectivity index (χ0n) is 15.7. The number of carbonyl (C=O) groups excluding carboxylic acids is 2. The second-order valence-corrected chi connectivity index (χ2v) is 6.92. The molecule has 0 unspecified atom stereocenters. The highest BCUT2D eigenvalue weighted by molar-refractivity contribution is 6.10. The number of fused-ring (bicyclic) bond motifs is 1. The second kappa shape index (κ2) is 7.81. The van der Waals surface area contributed by atoms with Crippen LogP contribution in [0, 0.1) is 0 Å². The Balaban J connectivity index is 1.60. The first-order valence-corrected chi connectivity index (χ1v) is 9.39. The van der Waals surface area contributed by atoms with Gasteiger partial charge in [0.15, 0.2) is 11.4 Å². The molecule has 1 aliphatic rings. The number of aliphatic hydroxyl groups is 1. The van der Waals surface area contributed by atoms with Gasteiger partial charge in [0, 0.05) is 18.3 Å². The monoisotopic (exact) mass is 384 g/mol. The van der Waals surface area contributed by atoms with Gasteiger partial charge in [-0.3, -0.25) is 14.6 Å². The van der Waals surface area contributed by atoms with Crippen LogP contribution in [0.15, 0.2) is 85.1 Å². The van der Waals surface area contributed by atoms with E-state index in [1.807, 2.05) is 48.6 Å². The van der Waals surface area contributed by atoms with Gasteiger partial charge in [0.2, 0.25) is 0 Å². The lowest BCUT2D eigenvalue weighted by atomic mass is 9.89. The number of nitrogens with zero attached hydrogens (tertiary/aromatic N) is 2. The van der Waals surface area contributed by atoms with Crippen LogP contribution >= 0.6 is 0 Å². The number of ketones is 1. The van der Waals surface area contributed by atoms with Crippen LogP contribution < -0.4 is 4.90 Å². The number of pyridine rings is 1. The van der Waals surface area contributed by atoms with Crippen molar-refractivity contribution in [1.29, 1.82) is 0 Å². The number of Topliss-reactive ketones (excluding diaryl/α,β-unsaturated/α-hetero) is 1. The lowest BCUT2D eigenvalue weighted by Crippen LogP contribution is -2.42. The van der Waals surface area contributed by atoms with Gasteiger partial charge in [-0.15, -0.1) is 0 Å². The SMILES string of the molecule is O=C(C[C@]1(O)C(=O)N(CC=Cc2ccccc2)c2ccccc21)c1ccccn1. The van der Waals surface area contributed by atoms with Crippen LogP contribution in [-0.2, 0) is 10.4 Å². The van der Waals surface area contributed by atoms with Crippen LogP contribution in [0.25, 0.3) is 6.08 Å². The van der Waals surface area contributed by atoms with Gasteiger partial charge >= 0.3 is 0 Å². The summed E-state index contributed by atoms with van der Waals surface area (Å²) < 4.78 is 0. The molecule has 3 aromatic rings. The first-order valence-electron chi connectivity index (χ1n) is 9.39. The standard InChI is InChI=1S/C24H20N2O3/c27-22(20-13-6-7-15-25-20)17-24(29)19-12-4-5-14-21(19)26(23(24)28)16-8-11-18-9-2-1-3-10-18/h1-15,29H,16-17H2/t24-/m1/s1. The van der Waals surface area contributed by atoms with Gasteiger partial charge in [-0.1, -0.05) is 66.7 Å². The molecule has 5 heteroatoms. The van der Waals surface area contributed by atoms with E-state index in [1.54, 1.807) is 36.4 Å². The maximum Gasteiger partial charge on any atom is 0.264 e. The van der Waals surface area contributed by atoms with Gasteiger partial charge in [0.25, 0.3) is 5.91 Å². The first-order chi connectivity index (χ1) is 14.1. The van der Waals surface area contributed by atoms with Crippen molar-refractivity contribution in [2.75, 3.05) is 11.4 Å². The summed E-state index contributed by atoms with van der Waals surface area (Å²) in [7, 11) is 0. The number of aromatic nitrogens is 1. The van der Waals surface area contributed by atoms with E-state index >= 15 is 0 Å².